The predicted octanol–water partition coefficient (Wildman–Crippen LogP) is 0.496. The normalized spacial score (nSPS) is 26.7. The second-order valence-electron chi connectivity index (χ2n) is 4.86. The molecule has 94 valence electrons. The largest absolute Gasteiger partial charge is 0.396 e. The molecule has 0 aromatic carbocycles. The standard InChI is InChI=1S/C12H24N2O2/c1-9(5-6-13)12(16)14-7-10-3-2-4-11(10)8-15/h9-11,15H,2-8,13H2,1H3,(H,14,16). The Hall–Kier alpha value is -0.610. The third-order valence-electron chi connectivity index (χ3n) is 3.64. The van der Waals surface area contributed by atoms with Crippen molar-refractivity contribution in [2.75, 3.05) is 19.7 Å². The molecule has 1 aliphatic carbocycles. The first-order chi connectivity index (χ1) is 7.69. The van der Waals surface area contributed by atoms with Crippen molar-refractivity contribution in [2.45, 2.75) is 32.6 Å². The Morgan fingerprint density at radius 1 is 1.50 bits per heavy atom. The minimum absolute atomic E-state index is 0.000945. The summed E-state index contributed by atoms with van der Waals surface area (Å²) in [6, 6.07) is 0. The fourth-order valence-electron chi connectivity index (χ4n) is 2.41. The Balaban J connectivity index is 2.25. The molecule has 1 rings (SSSR count). The molecular weight excluding hydrogens is 204 g/mol. The highest BCUT2D eigenvalue weighted by Gasteiger charge is 2.27. The molecule has 4 heteroatoms. The van der Waals surface area contributed by atoms with Crippen molar-refractivity contribution in [1.82, 2.24) is 5.32 Å². The molecular formula is C12H24N2O2. The van der Waals surface area contributed by atoms with Crippen molar-refractivity contribution in [2.24, 2.45) is 23.5 Å². The smallest absolute Gasteiger partial charge is 0.222 e. The molecule has 3 unspecified atom stereocenters. The van der Waals surface area contributed by atoms with Gasteiger partial charge >= 0.3 is 0 Å². The van der Waals surface area contributed by atoms with E-state index in [1.165, 1.54) is 6.42 Å². The van der Waals surface area contributed by atoms with Crippen molar-refractivity contribution >= 4 is 5.91 Å². The maximum Gasteiger partial charge on any atom is 0.222 e. The SMILES string of the molecule is CC(CCN)C(=O)NCC1CCCC1CO. The first-order valence-electron chi connectivity index (χ1n) is 6.27. The number of aliphatic hydroxyl groups excluding tert-OH is 1. The highest BCUT2D eigenvalue weighted by molar-refractivity contribution is 5.78. The van der Waals surface area contributed by atoms with Crippen LogP contribution in [0.3, 0.4) is 0 Å². The highest BCUT2D eigenvalue weighted by atomic mass is 16.3. The van der Waals surface area contributed by atoms with E-state index in [0.29, 0.717) is 24.9 Å². The van der Waals surface area contributed by atoms with Gasteiger partial charge in [0.15, 0.2) is 0 Å². The third-order valence-corrected chi connectivity index (χ3v) is 3.64. The van der Waals surface area contributed by atoms with Crippen LogP contribution >= 0.6 is 0 Å². The molecule has 4 nitrogen and oxygen atoms in total. The Bertz CT molecular complexity index is 221. The van der Waals surface area contributed by atoms with Gasteiger partial charge in [-0.25, -0.2) is 0 Å². The summed E-state index contributed by atoms with van der Waals surface area (Å²) in [5.41, 5.74) is 5.42. The number of hydrogen-bond acceptors (Lipinski definition) is 3. The maximum atomic E-state index is 11.7. The Morgan fingerprint density at radius 2 is 2.19 bits per heavy atom. The van der Waals surface area contributed by atoms with Gasteiger partial charge in [0.05, 0.1) is 0 Å². The summed E-state index contributed by atoms with van der Waals surface area (Å²) >= 11 is 0. The van der Waals surface area contributed by atoms with Crippen LogP contribution in [0.15, 0.2) is 0 Å². The van der Waals surface area contributed by atoms with Gasteiger partial charge in [0.25, 0.3) is 0 Å². The van der Waals surface area contributed by atoms with Gasteiger partial charge in [-0.05, 0) is 37.6 Å². The number of carbonyl (C=O) groups excluding carboxylic acids is 1. The number of hydrogen-bond donors (Lipinski definition) is 3. The fourth-order valence-corrected chi connectivity index (χ4v) is 2.41. The van der Waals surface area contributed by atoms with Gasteiger partial charge in [0, 0.05) is 19.1 Å². The van der Waals surface area contributed by atoms with E-state index in [1.54, 1.807) is 0 Å². The van der Waals surface area contributed by atoms with Gasteiger partial charge < -0.3 is 16.2 Å². The van der Waals surface area contributed by atoms with E-state index in [2.05, 4.69) is 5.32 Å². The van der Waals surface area contributed by atoms with Gasteiger partial charge in [-0.1, -0.05) is 13.3 Å². The number of nitrogens with one attached hydrogen (secondary N) is 1. The zero-order valence-corrected chi connectivity index (χ0v) is 10.1. The molecule has 16 heavy (non-hydrogen) atoms. The minimum Gasteiger partial charge on any atom is -0.396 e. The van der Waals surface area contributed by atoms with E-state index in [0.717, 1.165) is 19.3 Å². The highest BCUT2D eigenvalue weighted by Crippen LogP contribution is 2.30. The summed E-state index contributed by atoms with van der Waals surface area (Å²) in [6.07, 6.45) is 4.12. The van der Waals surface area contributed by atoms with Crippen LogP contribution in [0.4, 0.5) is 0 Å². The van der Waals surface area contributed by atoms with E-state index in [-0.39, 0.29) is 18.4 Å². The number of aliphatic hydroxyl groups is 1. The van der Waals surface area contributed by atoms with Gasteiger partial charge in [-0.3, -0.25) is 4.79 Å². The third kappa shape index (κ3) is 3.76. The van der Waals surface area contributed by atoms with Crippen LogP contribution in [0, 0.1) is 17.8 Å². The zero-order valence-electron chi connectivity index (χ0n) is 10.1. The molecule has 0 bridgehead atoms. The Kier molecular flexibility index (Phi) is 5.77. The molecule has 0 aliphatic heterocycles. The Morgan fingerprint density at radius 3 is 2.81 bits per heavy atom. The molecule has 3 atom stereocenters. The number of amides is 1. The van der Waals surface area contributed by atoms with E-state index in [9.17, 15) is 4.79 Å². The van der Waals surface area contributed by atoms with Gasteiger partial charge in [-0.2, -0.15) is 0 Å². The summed E-state index contributed by atoms with van der Waals surface area (Å²) in [7, 11) is 0. The van der Waals surface area contributed by atoms with Crippen LogP contribution in [0.25, 0.3) is 0 Å². The molecule has 0 radical (unpaired) electrons. The van der Waals surface area contributed by atoms with Crippen LogP contribution in [-0.2, 0) is 4.79 Å². The van der Waals surface area contributed by atoms with Crippen LogP contribution in [0.5, 0.6) is 0 Å². The van der Waals surface area contributed by atoms with Crippen LogP contribution in [0.1, 0.15) is 32.6 Å². The summed E-state index contributed by atoms with van der Waals surface area (Å²) in [6.45, 7) is 3.41. The second kappa shape index (κ2) is 6.86. The average Bonchev–Trinajstić information content (AvgIpc) is 2.73. The van der Waals surface area contributed by atoms with Crippen LogP contribution < -0.4 is 11.1 Å². The summed E-state index contributed by atoms with van der Waals surface area (Å²) < 4.78 is 0. The van der Waals surface area contributed by atoms with Gasteiger partial charge in [-0.15, -0.1) is 0 Å². The van der Waals surface area contributed by atoms with E-state index in [1.807, 2.05) is 6.92 Å². The molecule has 1 fully saturated rings. The summed E-state index contributed by atoms with van der Waals surface area (Å²) in [4.78, 5) is 11.7. The number of nitrogens with two attached hydrogens (primary N) is 1. The second-order valence-corrected chi connectivity index (χ2v) is 4.86. The molecule has 0 aromatic heterocycles. The minimum atomic E-state index is -0.000945. The molecule has 0 saturated heterocycles. The van der Waals surface area contributed by atoms with Crippen molar-refractivity contribution in [3.8, 4) is 0 Å². The van der Waals surface area contributed by atoms with Gasteiger partial charge in [0.1, 0.15) is 0 Å². The van der Waals surface area contributed by atoms with E-state index < -0.39 is 0 Å². The molecule has 0 aromatic rings. The monoisotopic (exact) mass is 228 g/mol. The van der Waals surface area contributed by atoms with Crippen molar-refractivity contribution in [1.29, 1.82) is 0 Å². The van der Waals surface area contributed by atoms with Crippen LogP contribution in [-0.4, -0.2) is 30.7 Å². The topological polar surface area (TPSA) is 75.4 Å². The molecule has 0 heterocycles. The van der Waals surface area contributed by atoms with Crippen molar-refractivity contribution < 1.29 is 9.90 Å². The quantitative estimate of drug-likeness (QED) is 0.619. The average molecular weight is 228 g/mol. The number of carbonyl (C=O) groups is 1. The lowest BCUT2D eigenvalue weighted by atomic mass is 9.96. The van der Waals surface area contributed by atoms with E-state index >= 15 is 0 Å². The lowest BCUT2D eigenvalue weighted by molar-refractivity contribution is -0.124. The van der Waals surface area contributed by atoms with Crippen LogP contribution in [0.2, 0.25) is 0 Å². The maximum absolute atomic E-state index is 11.7. The first kappa shape index (κ1) is 13.5. The summed E-state index contributed by atoms with van der Waals surface area (Å²) in [5, 5.41) is 12.1. The van der Waals surface area contributed by atoms with Crippen molar-refractivity contribution in [3.63, 3.8) is 0 Å². The van der Waals surface area contributed by atoms with Gasteiger partial charge in [0.2, 0.25) is 5.91 Å². The molecule has 1 amide bonds. The molecule has 0 spiro atoms. The summed E-state index contributed by atoms with van der Waals surface area (Å²) in [5.74, 6) is 0.928. The zero-order chi connectivity index (χ0) is 12.0. The Labute approximate surface area is 97.6 Å². The molecule has 4 N–H and O–H groups in total. The lowest BCUT2D eigenvalue weighted by Gasteiger charge is -2.19. The first-order valence-corrected chi connectivity index (χ1v) is 6.27. The molecule has 1 aliphatic rings. The lowest BCUT2D eigenvalue weighted by Crippen LogP contribution is -2.35. The fraction of sp³-hybridized carbons (Fsp3) is 0.917. The van der Waals surface area contributed by atoms with Crippen molar-refractivity contribution in [3.05, 3.63) is 0 Å². The molecule has 1 saturated carbocycles. The number of rotatable bonds is 6. The van der Waals surface area contributed by atoms with E-state index in [4.69, 9.17) is 10.8 Å². The predicted molar refractivity (Wildman–Crippen MR) is 63.8 cm³/mol.